The van der Waals surface area contributed by atoms with Gasteiger partial charge in [0.05, 0.1) is 5.69 Å². The van der Waals surface area contributed by atoms with E-state index in [1.54, 1.807) is 0 Å². The number of fused-ring (bicyclic) bond motifs is 1. The van der Waals surface area contributed by atoms with E-state index in [0.717, 1.165) is 44.8 Å². The maximum Gasteiger partial charge on any atom is 0.146 e. The number of benzene rings is 1. The van der Waals surface area contributed by atoms with Crippen LogP contribution in [-0.2, 0) is 6.42 Å². The van der Waals surface area contributed by atoms with E-state index in [1.807, 2.05) is 0 Å². The highest BCUT2D eigenvalue weighted by Gasteiger charge is 2.29. The van der Waals surface area contributed by atoms with Crippen LogP contribution in [0.3, 0.4) is 0 Å². The van der Waals surface area contributed by atoms with Gasteiger partial charge in [0.1, 0.15) is 11.4 Å². The first-order chi connectivity index (χ1) is 8.66. The molecule has 3 rings (SSSR count). The summed E-state index contributed by atoms with van der Waals surface area (Å²) in [5, 5.41) is 3.40. The Morgan fingerprint density at radius 2 is 2.00 bits per heavy atom. The van der Waals surface area contributed by atoms with Crippen molar-refractivity contribution < 1.29 is 4.74 Å². The first-order valence-electron chi connectivity index (χ1n) is 6.92. The lowest BCUT2D eigenvalue weighted by Gasteiger charge is -2.37. The predicted octanol–water partition coefficient (Wildman–Crippen LogP) is 2.20. The number of nitrogens with one attached hydrogen (secondary N) is 1. The number of anilines is 1. The molecule has 3 nitrogen and oxygen atoms in total. The molecular formula is C15H22N2O. The van der Waals surface area contributed by atoms with Crippen LogP contribution in [0.5, 0.6) is 5.75 Å². The number of nitrogens with zero attached hydrogens (tertiary/aromatic N) is 1. The topological polar surface area (TPSA) is 24.5 Å². The third-order valence-corrected chi connectivity index (χ3v) is 3.91. The smallest absolute Gasteiger partial charge is 0.146 e. The second-order valence-corrected chi connectivity index (χ2v) is 5.86. The van der Waals surface area contributed by atoms with Crippen molar-refractivity contribution in [1.82, 2.24) is 5.32 Å². The van der Waals surface area contributed by atoms with E-state index in [9.17, 15) is 0 Å². The molecule has 0 atom stereocenters. The van der Waals surface area contributed by atoms with Crippen LogP contribution in [0.15, 0.2) is 18.2 Å². The van der Waals surface area contributed by atoms with Crippen LogP contribution in [0.1, 0.15) is 25.8 Å². The number of rotatable bonds is 1. The largest absolute Gasteiger partial charge is 0.485 e. The van der Waals surface area contributed by atoms with Crippen LogP contribution >= 0.6 is 0 Å². The summed E-state index contributed by atoms with van der Waals surface area (Å²) in [5.74, 6) is 1.12. The molecule has 98 valence electrons. The van der Waals surface area contributed by atoms with Crippen molar-refractivity contribution >= 4 is 5.69 Å². The molecular weight excluding hydrogens is 224 g/mol. The summed E-state index contributed by atoms with van der Waals surface area (Å²) in [4.78, 5) is 2.44. The molecule has 0 bridgehead atoms. The van der Waals surface area contributed by atoms with E-state index in [-0.39, 0.29) is 5.60 Å². The van der Waals surface area contributed by atoms with E-state index in [0.29, 0.717) is 0 Å². The molecule has 0 unspecified atom stereocenters. The van der Waals surface area contributed by atoms with Gasteiger partial charge in [0.25, 0.3) is 0 Å². The van der Waals surface area contributed by atoms with E-state index in [4.69, 9.17) is 4.74 Å². The van der Waals surface area contributed by atoms with Crippen molar-refractivity contribution in [2.75, 3.05) is 31.1 Å². The van der Waals surface area contributed by atoms with E-state index < -0.39 is 0 Å². The van der Waals surface area contributed by atoms with Crippen LogP contribution in [-0.4, -0.2) is 31.8 Å². The monoisotopic (exact) mass is 246 g/mol. The molecule has 0 spiro atoms. The van der Waals surface area contributed by atoms with Crippen LogP contribution < -0.4 is 15.0 Å². The minimum atomic E-state index is -0.0306. The lowest BCUT2D eigenvalue weighted by atomic mass is 9.93. The molecule has 1 N–H and O–H groups in total. The van der Waals surface area contributed by atoms with Gasteiger partial charge in [-0.15, -0.1) is 0 Å². The normalized spacial score (nSPS) is 22.2. The van der Waals surface area contributed by atoms with Gasteiger partial charge in [-0.2, -0.15) is 0 Å². The van der Waals surface area contributed by atoms with Gasteiger partial charge in [-0.3, -0.25) is 0 Å². The second kappa shape index (κ2) is 4.47. The standard InChI is InChI=1S/C15H22N2O/c1-15(2)7-6-12-4-3-5-13(14(12)18-15)17-10-8-16-9-11-17/h3-5,16H,6-11H2,1-2H3. The Kier molecular flexibility index (Phi) is 2.94. The van der Waals surface area contributed by atoms with Crippen LogP contribution in [0.25, 0.3) is 0 Å². The molecule has 0 saturated carbocycles. The van der Waals surface area contributed by atoms with Gasteiger partial charge in [0.2, 0.25) is 0 Å². The Bertz CT molecular complexity index is 436. The summed E-state index contributed by atoms with van der Waals surface area (Å²) in [6.07, 6.45) is 2.23. The molecule has 0 radical (unpaired) electrons. The van der Waals surface area contributed by atoms with Gasteiger partial charge >= 0.3 is 0 Å². The molecule has 0 amide bonds. The quantitative estimate of drug-likeness (QED) is 0.822. The van der Waals surface area contributed by atoms with Crippen molar-refractivity contribution in [3.63, 3.8) is 0 Å². The number of hydrogen-bond acceptors (Lipinski definition) is 3. The van der Waals surface area contributed by atoms with Gasteiger partial charge in [-0.1, -0.05) is 12.1 Å². The summed E-state index contributed by atoms with van der Waals surface area (Å²) >= 11 is 0. The Balaban J connectivity index is 1.95. The highest BCUT2D eigenvalue weighted by atomic mass is 16.5. The third-order valence-electron chi connectivity index (χ3n) is 3.91. The molecule has 1 fully saturated rings. The lowest BCUT2D eigenvalue weighted by molar-refractivity contribution is 0.0852. The Morgan fingerprint density at radius 1 is 1.22 bits per heavy atom. The summed E-state index contributed by atoms with van der Waals surface area (Å²) in [5.41, 5.74) is 2.61. The number of aryl methyl sites for hydroxylation is 1. The molecule has 1 aromatic rings. The molecule has 2 heterocycles. The minimum absolute atomic E-state index is 0.0306. The zero-order valence-corrected chi connectivity index (χ0v) is 11.3. The fraction of sp³-hybridized carbons (Fsp3) is 0.600. The lowest BCUT2D eigenvalue weighted by Crippen LogP contribution is -2.44. The molecule has 0 aromatic heterocycles. The SMILES string of the molecule is CC1(C)CCc2cccc(N3CCNCC3)c2O1. The average molecular weight is 246 g/mol. The zero-order valence-electron chi connectivity index (χ0n) is 11.3. The van der Waals surface area contributed by atoms with Crippen LogP contribution in [0.2, 0.25) is 0 Å². The zero-order chi connectivity index (χ0) is 12.6. The fourth-order valence-corrected chi connectivity index (χ4v) is 2.80. The fourth-order valence-electron chi connectivity index (χ4n) is 2.80. The molecule has 1 aromatic carbocycles. The van der Waals surface area contributed by atoms with Gasteiger partial charge in [-0.05, 0) is 38.3 Å². The number of piperazine rings is 1. The Labute approximate surface area is 109 Å². The molecule has 2 aliphatic rings. The summed E-state index contributed by atoms with van der Waals surface area (Å²) in [6, 6.07) is 6.57. The first kappa shape index (κ1) is 11.8. The summed E-state index contributed by atoms with van der Waals surface area (Å²) < 4.78 is 6.24. The van der Waals surface area contributed by atoms with E-state index in [1.165, 1.54) is 11.3 Å². The van der Waals surface area contributed by atoms with Crippen molar-refractivity contribution in [3.8, 4) is 5.75 Å². The molecule has 18 heavy (non-hydrogen) atoms. The number of ether oxygens (including phenoxy) is 1. The Hall–Kier alpha value is -1.22. The van der Waals surface area contributed by atoms with Crippen molar-refractivity contribution in [1.29, 1.82) is 0 Å². The van der Waals surface area contributed by atoms with Gasteiger partial charge in [0, 0.05) is 26.2 Å². The number of para-hydroxylation sites is 1. The van der Waals surface area contributed by atoms with E-state index in [2.05, 4.69) is 42.3 Å². The van der Waals surface area contributed by atoms with Crippen molar-refractivity contribution in [2.24, 2.45) is 0 Å². The van der Waals surface area contributed by atoms with Crippen LogP contribution in [0, 0.1) is 0 Å². The first-order valence-corrected chi connectivity index (χ1v) is 6.92. The third kappa shape index (κ3) is 2.19. The van der Waals surface area contributed by atoms with Crippen molar-refractivity contribution in [3.05, 3.63) is 23.8 Å². The highest BCUT2D eigenvalue weighted by molar-refractivity contribution is 5.63. The molecule has 3 heteroatoms. The highest BCUT2D eigenvalue weighted by Crippen LogP contribution is 2.40. The summed E-state index contributed by atoms with van der Waals surface area (Å²) in [6.45, 7) is 8.63. The Morgan fingerprint density at radius 3 is 2.78 bits per heavy atom. The number of hydrogen-bond donors (Lipinski definition) is 1. The van der Waals surface area contributed by atoms with Gasteiger partial charge in [-0.25, -0.2) is 0 Å². The van der Waals surface area contributed by atoms with Gasteiger partial charge in [0.15, 0.2) is 0 Å². The second-order valence-electron chi connectivity index (χ2n) is 5.86. The molecule has 1 saturated heterocycles. The molecule has 0 aliphatic carbocycles. The molecule has 2 aliphatic heterocycles. The average Bonchev–Trinajstić information content (AvgIpc) is 2.38. The minimum Gasteiger partial charge on any atom is -0.485 e. The van der Waals surface area contributed by atoms with E-state index >= 15 is 0 Å². The summed E-state index contributed by atoms with van der Waals surface area (Å²) in [7, 11) is 0. The van der Waals surface area contributed by atoms with Crippen LogP contribution in [0.4, 0.5) is 5.69 Å². The maximum absolute atomic E-state index is 6.24. The maximum atomic E-state index is 6.24. The van der Waals surface area contributed by atoms with Gasteiger partial charge < -0.3 is 15.0 Å². The van der Waals surface area contributed by atoms with Crippen molar-refractivity contribution in [2.45, 2.75) is 32.3 Å². The predicted molar refractivity (Wildman–Crippen MR) is 74.6 cm³/mol.